The van der Waals surface area contributed by atoms with Crippen molar-refractivity contribution in [3.8, 4) is 0 Å². The first-order valence-corrected chi connectivity index (χ1v) is 27.2. The molecule has 6 heteroatoms. The molecule has 1 atom stereocenters. The van der Waals surface area contributed by atoms with Crippen LogP contribution in [-0.4, -0.2) is 37.2 Å². The van der Waals surface area contributed by atoms with Crippen molar-refractivity contribution < 1.29 is 28.6 Å². The number of hydrogen-bond donors (Lipinski definition) is 0. The van der Waals surface area contributed by atoms with Gasteiger partial charge in [-0.15, -0.1) is 0 Å². The summed E-state index contributed by atoms with van der Waals surface area (Å²) >= 11 is 0. The van der Waals surface area contributed by atoms with Crippen LogP contribution in [0.2, 0.25) is 0 Å². The van der Waals surface area contributed by atoms with Crippen LogP contribution in [0.3, 0.4) is 0 Å². The zero-order chi connectivity index (χ0) is 47.9. The molecule has 0 aromatic rings. The Morgan fingerprint density at radius 2 is 0.621 bits per heavy atom. The highest BCUT2D eigenvalue weighted by molar-refractivity contribution is 5.71. The molecule has 0 heterocycles. The van der Waals surface area contributed by atoms with E-state index in [1.165, 1.54) is 96.3 Å². The molecule has 0 bridgehead atoms. The molecule has 1 unspecified atom stereocenters. The number of allylic oxidation sites excluding steroid dienone is 16. The highest BCUT2D eigenvalue weighted by Crippen LogP contribution is 2.15. The fourth-order valence-electron chi connectivity index (χ4n) is 7.33. The number of hydrogen-bond acceptors (Lipinski definition) is 6. The first-order chi connectivity index (χ1) is 32.5. The van der Waals surface area contributed by atoms with Crippen LogP contribution in [0, 0.1) is 0 Å². The summed E-state index contributed by atoms with van der Waals surface area (Å²) in [5.41, 5.74) is 0. The van der Waals surface area contributed by atoms with E-state index in [9.17, 15) is 14.4 Å². The quantitative estimate of drug-likeness (QED) is 0.0262. The Kier molecular flexibility index (Phi) is 50.9. The standard InChI is InChI=1S/C60H100O6/c1-4-7-10-13-16-19-22-25-28-31-34-37-40-43-46-49-52-58(61)64-55-57(66-60(63)54-51-48-45-42-39-36-33-30-27-24-21-18-15-12-9-6-3)56-65-59(62)53-50-47-44-41-38-35-32-29-26-23-20-17-14-11-8-5-2/h7,9-10,12,16,18-19,21,25,27-28,30,34,37,43,46,57H,4-6,8,11,13-15,17,20,22-24,26,29,31-33,35-36,38-42,44-45,47-56H2,1-3H3/b10-7-,12-9-,19-16-,21-18-,28-25-,30-27-,37-34-,46-43-. The van der Waals surface area contributed by atoms with E-state index in [-0.39, 0.29) is 37.5 Å². The van der Waals surface area contributed by atoms with Crippen molar-refractivity contribution in [2.24, 2.45) is 0 Å². The summed E-state index contributed by atoms with van der Waals surface area (Å²) < 4.78 is 16.8. The molecule has 0 aromatic carbocycles. The second-order valence-corrected chi connectivity index (χ2v) is 17.7. The molecule has 66 heavy (non-hydrogen) atoms. The van der Waals surface area contributed by atoms with Gasteiger partial charge in [0.15, 0.2) is 6.10 Å². The summed E-state index contributed by atoms with van der Waals surface area (Å²) in [7, 11) is 0. The van der Waals surface area contributed by atoms with E-state index in [4.69, 9.17) is 14.2 Å². The lowest BCUT2D eigenvalue weighted by molar-refractivity contribution is -0.166. The summed E-state index contributed by atoms with van der Waals surface area (Å²) in [6.07, 6.45) is 71.2. The van der Waals surface area contributed by atoms with Gasteiger partial charge in [-0.25, -0.2) is 0 Å². The molecule has 0 fully saturated rings. The second-order valence-electron chi connectivity index (χ2n) is 17.7. The molecule has 0 aromatic heterocycles. The predicted octanol–water partition coefficient (Wildman–Crippen LogP) is 18.1. The second kappa shape index (κ2) is 53.9. The van der Waals surface area contributed by atoms with Crippen molar-refractivity contribution in [3.63, 3.8) is 0 Å². The lowest BCUT2D eigenvalue weighted by atomic mass is 10.0. The van der Waals surface area contributed by atoms with Gasteiger partial charge in [-0.05, 0) is 83.5 Å². The third-order valence-corrected chi connectivity index (χ3v) is 11.3. The topological polar surface area (TPSA) is 78.9 Å². The Labute approximate surface area is 407 Å². The van der Waals surface area contributed by atoms with E-state index in [1.807, 2.05) is 6.08 Å². The maximum absolute atomic E-state index is 12.8. The summed E-state index contributed by atoms with van der Waals surface area (Å²) in [6, 6.07) is 0. The van der Waals surface area contributed by atoms with Crippen molar-refractivity contribution >= 4 is 17.9 Å². The van der Waals surface area contributed by atoms with Crippen molar-refractivity contribution in [2.45, 2.75) is 252 Å². The molecular formula is C60H100O6. The molecule has 0 saturated heterocycles. The summed E-state index contributed by atoms with van der Waals surface area (Å²) in [5, 5.41) is 0. The van der Waals surface area contributed by atoms with Crippen LogP contribution in [0.5, 0.6) is 0 Å². The average molecular weight is 917 g/mol. The molecule has 6 nitrogen and oxygen atoms in total. The van der Waals surface area contributed by atoms with Crippen molar-refractivity contribution in [1.82, 2.24) is 0 Å². The third kappa shape index (κ3) is 51.3. The largest absolute Gasteiger partial charge is 0.462 e. The van der Waals surface area contributed by atoms with E-state index in [1.54, 1.807) is 0 Å². The van der Waals surface area contributed by atoms with Gasteiger partial charge in [0.05, 0.1) is 0 Å². The molecule has 0 aliphatic rings. The van der Waals surface area contributed by atoms with Crippen LogP contribution in [-0.2, 0) is 28.6 Å². The van der Waals surface area contributed by atoms with Gasteiger partial charge in [0.1, 0.15) is 13.2 Å². The minimum atomic E-state index is -0.814. The van der Waals surface area contributed by atoms with Crippen LogP contribution >= 0.6 is 0 Å². The van der Waals surface area contributed by atoms with Crippen LogP contribution in [0.4, 0.5) is 0 Å². The monoisotopic (exact) mass is 917 g/mol. The van der Waals surface area contributed by atoms with Crippen molar-refractivity contribution in [1.29, 1.82) is 0 Å². The SMILES string of the molecule is CC/C=C\C/C=C\C/C=C\C/C=C\C/C=C\CCC(=O)OCC(COC(=O)CCCCCCCCCCCCCCCCCC)OC(=O)CCCCCCCC/C=C\C/C=C\C/C=C\CC. The number of ether oxygens (including phenoxy) is 3. The normalized spacial score (nSPS) is 12.8. The molecule has 0 amide bonds. The van der Waals surface area contributed by atoms with E-state index in [2.05, 4.69) is 112 Å². The van der Waals surface area contributed by atoms with Gasteiger partial charge in [-0.2, -0.15) is 0 Å². The van der Waals surface area contributed by atoms with Crippen molar-refractivity contribution in [2.75, 3.05) is 13.2 Å². The highest BCUT2D eigenvalue weighted by Gasteiger charge is 2.19. The van der Waals surface area contributed by atoms with Gasteiger partial charge in [-0.3, -0.25) is 14.4 Å². The Bertz CT molecular complexity index is 1330. The Hall–Kier alpha value is -3.67. The van der Waals surface area contributed by atoms with Gasteiger partial charge < -0.3 is 14.2 Å². The Morgan fingerprint density at radius 3 is 1.02 bits per heavy atom. The smallest absolute Gasteiger partial charge is 0.306 e. The third-order valence-electron chi connectivity index (χ3n) is 11.3. The molecule has 0 saturated carbocycles. The average Bonchev–Trinajstić information content (AvgIpc) is 3.31. The van der Waals surface area contributed by atoms with Gasteiger partial charge in [0, 0.05) is 19.3 Å². The minimum Gasteiger partial charge on any atom is -0.462 e. The Morgan fingerprint density at radius 1 is 0.318 bits per heavy atom. The van der Waals surface area contributed by atoms with Gasteiger partial charge >= 0.3 is 17.9 Å². The summed E-state index contributed by atoms with van der Waals surface area (Å²) in [6.45, 7) is 6.35. The molecule has 0 N–H and O–H groups in total. The number of carbonyl (C=O) groups excluding carboxylic acids is 3. The fraction of sp³-hybridized carbons (Fsp3) is 0.683. The minimum absolute atomic E-state index is 0.105. The molecule has 0 rings (SSSR count). The molecule has 376 valence electrons. The maximum atomic E-state index is 12.8. The summed E-state index contributed by atoms with van der Waals surface area (Å²) in [5.74, 6) is -1.00. The molecular weight excluding hydrogens is 817 g/mol. The molecule has 0 aliphatic heterocycles. The van der Waals surface area contributed by atoms with Crippen molar-refractivity contribution in [3.05, 3.63) is 97.2 Å². The van der Waals surface area contributed by atoms with Gasteiger partial charge in [0.25, 0.3) is 0 Å². The van der Waals surface area contributed by atoms with Crippen LogP contribution in [0.25, 0.3) is 0 Å². The van der Waals surface area contributed by atoms with Crippen LogP contribution < -0.4 is 0 Å². The van der Waals surface area contributed by atoms with Crippen LogP contribution in [0.15, 0.2) is 97.2 Å². The fourth-order valence-corrected chi connectivity index (χ4v) is 7.33. The Balaban J connectivity index is 4.50. The summed E-state index contributed by atoms with van der Waals surface area (Å²) in [4.78, 5) is 38.0. The van der Waals surface area contributed by atoms with Crippen LogP contribution in [0.1, 0.15) is 245 Å². The van der Waals surface area contributed by atoms with E-state index in [0.29, 0.717) is 19.3 Å². The van der Waals surface area contributed by atoms with Gasteiger partial charge in [0.2, 0.25) is 0 Å². The lowest BCUT2D eigenvalue weighted by Crippen LogP contribution is -2.30. The zero-order valence-corrected chi connectivity index (χ0v) is 42.9. The lowest BCUT2D eigenvalue weighted by Gasteiger charge is -2.18. The first kappa shape index (κ1) is 62.3. The van der Waals surface area contributed by atoms with E-state index >= 15 is 0 Å². The first-order valence-electron chi connectivity index (χ1n) is 27.2. The maximum Gasteiger partial charge on any atom is 0.306 e. The number of rotatable bonds is 48. The predicted molar refractivity (Wildman–Crippen MR) is 284 cm³/mol. The van der Waals surface area contributed by atoms with E-state index in [0.717, 1.165) is 103 Å². The van der Waals surface area contributed by atoms with Gasteiger partial charge in [-0.1, -0.05) is 240 Å². The number of unbranched alkanes of at least 4 members (excludes halogenated alkanes) is 21. The molecule has 0 spiro atoms. The highest BCUT2D eigenvalue weighted by atomic mass is 16.6. The number of carbonyl (C=O) groups is 3. The zero-order valence-electron chi connectivity index (χ0n) is 42.9. The molecule has 0 aliphatic carbocycles. The molecule has 0 radical (unpaired) electrons. The van der Waals surface area contributed by atoms with E-state index < -0.39 is 6.10 Å². The number of esters is 3.